The largest absolute Gasteiger partial charge is 0.492 e. The Morgan fingerprint density at radius 2 is 2.20 bits per heavy atom. The van der Waals surface area contributed by atoms with E-state index in [-0.39, 0.29) is 11.8 Å². The molecule has 5 heteroatoms. The summed E-state index contributed by atoms with van der Waals surface area (Å²) < 4.78 is 5.56. The number of hydrogen-bond donors (Lipinski definition) is 1. The van der Waals surface area contributed by atoms with Gasteiger partial charge in [-0.3, -0.25) is 4.79 Å². The highest BCUT2D eigenvalue weighted by atomic mass is 35.5. The minimum Gasteiger partial charge on any atom is -0.492 e. The van der Waals surface area contributed by atoms with Crippen molar-refractivity contribution in [1.82, 2.24) is 4.90 Å². The maximum Gasteiger partial charge on any atom is 0.239 e. The minimum absolute atomic E-state index is 0.0472. The Bertz CT molecular complexity index is 440. The zero-order valence-corrected chi connectivity index (χ0v) is 13.1. The second kappa shape index (κ2) is 8.12. The van der Waals surface area contributed by atoms with Crippen LogP contribution in [0.2, 0.25) is 5.02 Å². The van der Waals surface area contributed by atoms with E-state index < -0.39 is 6.04 Å². The molecule has 0 heterocycles. The van der Waals surface area contributed by atoms with Gasteiger partial charge in [-0.25, -0.2) is 0 Å². The van der Waals surface area contributed by atoms with E-state index in [1.807, 2.05) is 26.0 Å². The Morgan fingerprint density at radius 1 is 1.50 bits per heavy atom. The first-order chi connectivity index (χ1) is 9.45. The van der Waals surface area contributed by atoms with E-state index in [0.29, 0.717) is 23.9 Å². The summed E-state index contributed by atoms with van der Waals surface area (Å²) >= 11 is 5.87. The van der Waals surface area contributed by atoms with E-state index >= 15 is 0 Å². The molecule has 1 unspecified atom stereocenters. The highest BCUT2D eigenvalue weighted by Crippen LogP contribution is 2.17. The van der Waals surface area contributed by atoms with Crippen molar-refractivity contribution in [2.45, 2.75) is 26.3 Å². The molecule has 1 aromatic rings. The van der Waals surface area contributed by atoms with Gasteiger partial charge < -0.3 is 15.4 Å². The normalized spacial score (nSPS) is 13.7. The number of carbonyl (C=O) groups is 1. The molecule has 0 bridgehead atoms. The SMILES string of the molecule is CCC(C)[C@H](N)C(=O)N(C)CCOc1cccc(Cl)c1. The van der Waals surface area contributed by atoms with Crippen molar-refractivity contribution in [3.8, 4) is 5.75 Å². The number of nitrogens with two attached hydrogens (primary N) is 1. The van der Waals surface area contributed by atoms with Crippen LogP contribution in [0.4, 0.5) is 0 Å². The number of likely N-dealkylation sites (N-methyl/N-ethyl adjacent to an activating group) is 1. The van der Waals surface area contributed by atoms with Crippen molar-refractivity contribution in [3.63, 3.8) is 0 Å². The maximum absolute atomic E-state index is 12.1. The first-order valence-electron chi connectivity index (χ1n) is 6.84. The summed E-state index contributed by atoms with van der Waals surface area (Å²) in [7, 11) is 1.74. The molecule has 1 amide bonds. The molecule has 0 fully saturated rings. The Hall–Kier alpha value is -1.26. The molecule has 20 heavy (non-hydrogen) atoms. The van der Waals surface area contributed by atoms with Gasteiger partial charge in [0, 0.05) is 12.1 Å². The summed E-state index contributed by atoms with van der Waals surface area (Å²) in [6.45, 7) is 4.92. The second-order valence-corrected chi connectivity index (χ2v) is 5.41. The van der Waals surface area contributed by atoms with E-state index in [9.17, 15) is 4.79 Å². The standard InChI is InChI=1S/C15H23ClN2O2/c1-4-11(2)14(17)15(19)18(3)8-9-20-13-7-5-6-12(16)10-13/h5-7,10-11,14H,4,8-9,17H2,1-3H3/t11?,14-/m0/s1. The zero-order chi connectivity index (χ0) is 15.1. The average molecular weight is 299 g/mol. The van der Waals surface area contributed by atoms with Gasteiger partial charge in [-0.15, -0.1) is 0 Å². The number of amides is 1. The van der Waals surface area contributed by atoms with Crippen molar-refractivity contribution < 1.29 is 9.53 Å². The molecule has 0 radical (unpaired) electrons. The fourth-order valence-electron chi connectivity index (χ4n) is 1.72. The third-order valence-electron chi connectivity index (χ3n) is 3.41. The van der Waals surface area contributed by atoms with Crippen LogP contribution in [0.1, 0.15) is 20.3 Å². The van der Waals surface area contributed by atoms with Crippen LogP contribution in [0.25, 0.3) is 0 Å². The molecule has 4 nitrogen and oxygen atoms in total. The van der Waals surface area contributed by atoms with Gasteiger partial charge in [-0.05, 0) is 24.1 Å². The zero-order valence-electron chi connectivity index (χ0n) is 12.3. The van der Waals surface area contributed by atoms with Crippen molar-refractivity contribution in [2.24, 2.45) is 11.7 Å². The number of rotatable bonds is 7. The van der Waals surface area contributed by atoms with Gasteiger partial charge in [-0.2, -0.15) is 0 Å². The van der Waals surface area contributed by atoms with Crippen molar-refractivity contribution in [3.05, 3.63) is 29.3 Å². The van der Waals surface area contributed by atoms with Gasteiger partial charge in [0.15, 0.2) is 0 Å². The van der Waals surface area contributed by atoms with Crippen molar-refractivity contribution in [2.75, 3.05) is 20.2 Å². The first-order valence-corrected chi connectivity index (χ1v) is 7.22. The Balaban J connectivity index is 2.39. The molecule has 2 atom stereocenters. The predicted octanol–water partition coefficient (Wildman–Crippen LogP) is 2.55. The summed E-state index contributed by atoms with van der Waals surface area (Å²) in [4.78, 5) is 13.7. The van der Waals surface area contributed by atoms with Gasteiger partial charge in [0.1, 0.15) is 12.4 Å². The Morgan fingerprint density at radius 3 is 2.80 bits per heavy atom. The molecule has 0 saturated heterocycles. The van der Waals surface area contributed by atoms with Crippen LogP contribution in [-0.4, -0.2) is 37.0 Å². The van der Waals surface area contributed by atoms with Crippen LogP contribution in [0.15, 0.2) is 24.3 Å². The quantitative estimate of drug-likeness (QED) is 0.841. The molecule has 0 aliphatic carbocycles. The summed E-state index contributed by atoms with van der Waals surface area (Å²) in [6, 6.07) is 6.74. The van der Waals surface area contributed by atoms with Crippen LogP contribution < -0.4 is 10.5 Å². The molecular weight excluding hydrogens is 276 g/mol. The predicted molar refractivity (Wildman–Crippen MR) is 82.0 cm³/mol. The Kier molecular flexibility index (Phi) is 6.82. The van der Waals surface area contributed by atoms with Crippen LogP contribution in [0.3, 0.4) is 0 Å². The molecule has 112 valence electrons. The van der Waals surface area contributed by atoms with Crippen molar-refractivity contribution in [1.29, 1.82) is 0 Å². The van der Waals surface area contributed by atoms with Gasteiger partial charge in [0.05, 0.1) is 12.6 Å². The number of benzene rings is 1. The minimum atomic E-state index is -0.448. The van der Waals surface area contributed by atoms with Crippen LogP contribution in [-0.2, 0) is 4.79 Å². The van der Waals surface area contributed by atoms with E-state index in [1.54, 1.807) is 24.1 Å². The second-order valence-electron chi connectivity index (χ2n) is 4.98. The number of halogens is 1. The summed E-state index contributed by atoms with van der Waals surface area (Å²) in [5.41, 5.74) is 5.93. The third kappa shape index (κ3) is 5.02. The van der Waals surface area contributed by atoms with Gasteiger partial charge >= 0.3 is 0 Å². The molecule has 0 aromatic heterocycles. The lowest BCUT2D eigenvalue weighted by molar-refractivity contribution is -0.132. The van der Waals surface area contributed by atoms with E-state index in [4.69, 9.17) is 22.1 Å². The number of ether oxygens (including phenoxy) is 1. The van der Waals surface area contributed by atoms with Crippen LogP contribution in [0.5, 0.6) is 5.75 Å². The smallest absolute Gasteiger partial charge is 0.239 e. The van der Waals surface area contributed by atoms with E-state index in [0.717, 1.165) is 6.42 Å². The molecule has 0 aliphatic rings. The first kappa shape index (κ1) is 16.8. The fourth-order valence-corrected chi connectivity index (χ4v) is 1.90. The lowest BCUT2D eigenvalue weighted by Gasteiger charge is -2.24. The fraction of sp³-hybridized carbons (Fsp3) is 0.533. The number of nitrogens with zero attached hydrogens (tertiary/aromatic N) is 1. The molecule has 0 saturated carbocycles. The highest BCUT2D eigenvalue weighted by molar-refractivity contribution is 6.30. The molecule has 1 rings (SSSR count). The molecule has 0 aliphatic heterocycles. The number of carbonyl (C=O) groups excluding carboxylic acids is 1. The lowest BCUT2D eigenvalue weighted by Crippen LogP contribution is -2.46. The third-order valence-corrected chi connectivity index (χ3v) is 3.64. The van der Waals surface area contributed by atoms with E-state index in [2.05, 4.69) is 0 Å². The molecule has 1 aromatic carbocycles. The van der Waals surface area contributed by atoms with E-state index in [1.165, 1.54) is 0 Å². The Labute approximate surface area is 125 Å². The van der Waals surface area contributed by atoms with Crippen LogP contribution in [0, 0.1) is 5.92 Å². The topological polar surface area (TPSA) is 55.6 Å². The van der Waals surface area contributed by atoms with Crippen LogP contribution >= 0.6 is 11.6 Å². The monoisotopic (exact) mass is 298 g/mol. The maximum atomic E-state index is 12.1. The summed E-state index contributed by atoms with van der Waals surface area (Å²) in [5.74, 6) is 0.831. The molecule has 2 N–H and O–H groups in total. The number of hydrogen-bond acceptors (Lipinski definition) is 3. The van der Waals surface area contributed by atoms with Gasteiger partial charge in [-0.1, -0.05) is 37.9 Å². The summed E-state index contributed by atoms with van der Waals surface area (Å²) in [5, 5.41) is 0.630. The lowest BCUT2D eigenvalue weighted by atomic mass is 9.99. The summed E-state index contributed by atoms with van der Waals surface area (Å²) in [6.07, 6.45) is 0.889. The molecule has 0 spiro atoms. The van der Waals surface area contributed by atoms with Gasteiger partial charge in [0.25, 0.3) is 0 Å². The highest BCUT2D eigenvalue weighted by Gasteiger charge is 2.22. The average Bonchev–Trinajstić information content (AvgIpc) is 2.44. The van der Waals surface area contributed by atoms with Gasteiger partial charge in [0.2, 0.25) is 5.91 Å². The van der Waals surface area contributed by atoms with Crippen molar-refractivity contribution >= 4 is 17.5 Å². The molecular formula is C15H23ClN2O2.